The van der Waals surface area contributed by atoms with Crippen molar-refractivity contribution in [3.63, 3.8) is 0 Å². The van der Waals surface area contributed by atoms with E-state index in [9.17, 15) is 8.42 Å². The number of nitrogens with two attached hydrogens (primary N) is 1. The van der Waals surface area contributed by atoms with Crippen molar-refractivity contribution in [3.05, 3.63) is 54.7 Å². The zero-order chi connectivity index (χ0) is 14.2. The molecule has 0 spiro atoms. The Labute approximate surface area is 115 Å². The lowest BCUT2D eigenvalue weighted by atomic mass is 10.3. The molecule has 3 rings (SSSR count). The molecule has 3 N–H and O–H groups in total. The molecule has 102 valence electrons. The summed E-state index contributed by atoms with van der Waals surface area (Å²) in [6, 6.07) is 13.9. The topological polar surface area (TPSA) is 90.0 Å². The number of fused-ring (bicyclic) bond motifs is 1. The summed E-state index contributed by atoms with van der Waals surface area (Å²) < 4.78 is 22.4. The van der Waals surface area contributed by atoms with E-state index < -0.39 is 10.0 Å². The van der Waals surface area contributed by atoms with Gasteiger partial charge in [0, 0.05) is 5.39 Å². The summed E-state index contributed by atoms with van der Waals surface area (Å²) in [5.41, 5.74) is 4.72. The molecule has 0 aliphatic heterocycles. The maximum atomic E-state index is 11.2. The number of benzene rings is 2. The highest BCUT2D eigenvalue weighted by atomic mass is 32.2. The SMILES string of the molecule is NS(=O)(=O)c1ccc(Nn2ncc3ccccc32)cc1. The lowest BCUT2D eigenvalue weighted by Gasteiger charge is -2.08. The van der Waals surface area contributed by atoms with Crippen molar-refractivity contribution in [1.29, 1.82) is 0 Å². The zero-order valence-corrected chi connectivity index (χ0v) is 11.2. The highest BCUT2D eigenvalue weighted by Gasteiger charge is 2.07. The Kier molecular flexibility index (Phi) is 2.92. The number of aromatic nitrogens is 2. The van der Waals surface area contributed by atoms with Crippen LogP contribution in [-0.2, 0) is 10.0 Å². The van der Waals surface area contributed by atoms with E-state index in [1.54, 1.807) is 23.1 Å². The molecule has 0 saturated heterocycles. The number of hydrogen-bond donors (Lipinski definition) is 2. The van der Waals surface area contributed by atoms with Crippen molar-refractivity contribution >= 4 is 26.6 Å². The van der Waals surface area contributed by atoms with Crippen LogP contribution in [0, 0.1) is 0 Å². The fraction of sp³-hybridized carbons (Fsp3) is 0. The molecule has 6 nitrogen and oxygen atoms in total. The van der Waals surface area contributed by atoms with Gasteiger partial charge in [0.15, 0.2) is 0 Å². The van der Waals surface area contributed by atoms with Gasteiger partial charge in [-0.25, -0.2) is 13.6 Å². The smallest absolute Gasteiger partial charge is 0.238 e. The molecule has 20 heavy (non-hydrogen) atoms. The third kappa shape index (κ3) is 2.36. The Morgan fingerprint density at radius 3 is 2.45 bits per heavy atom. The van der Waals surface area contributed by atoms with Gasteiger partial charge >= 0.3 is 0 Å². The lowest BCUT2D eigenvalue weighted by molar-refractivity contribution is 0.598. The molecule has 0 unspecified atom stereocenters. The van der Waals surface area contributed by atoms with Gasteiger partial charge in [-0.05, 0) is 30.3 Å². The maximum Gasteiger partial charge on any atom is 0.238 e. The van der Waals surface area contributed by atoms with E-state index in [4.69, 9.17) is 5.14 Å². The average Bonchev–Trinajstić information content (AvgIpc) is 2.82. The van der Waals surface area contributed by atoms with Crippen LogP contribution in [0.5, 0.6) is 0 Å². The van der Waals surface area contributed by atoms with Crippen LogP contribution in [0.4, 0.5) is 5.69 Å². The second-order valence-electron chi connectivity index (χ2n) is 4.30. The first-order valence-electron chi connectivity index (χ1n) is 5.87. The normalized spacial score (nSPS) is 11.7. The van der Waals surface area contributed by atoms with Crippen LogP contribution < -0.4 is 10.6 Å². The van der Waals surface area contributed by atoms with Gasteiger partial charge in [-0.2, -0.15) is 9.89 Å². The minimum Gasteiger partial charge on any atom is -0.278 e. The van der Waals surface area contributed by atoms with Crippen molar-refractivity contribution in [2.75, 3.05) is 5.43 Å². The predicted molar refractivity (Wildman–Crippen MR) is 76.6 cm³/mol. The van der Waals surface area contributed by atoms with Crippen LogP contribution in [-0.4, -0.2) is 18.3 Å². The minimum atomic E-state index is -3.67. The number of rotatable bonds is 3. The second-order valence-corrected chi connectivity index (χ2v) is 5.86. The molecule has 0 saturated carbocycles. The van der Waals surface area contributed by atoms with E-state index in [2.05, 4.69) is 10.5 Å². The Hall–Kier alpha value is -2.38. The number of primary sulfonamides is 1. The van der Waals surface area contributed by atoms with Gasteiger partial charge in [0.25, 0.3) is 0 Å². The quantitative estimate of drug-likeness (QED) is 0.765. The first-order valence-corrected chi connectivity index (χ1v) is 7.41. The van der Waals surface area contributed by atoms with Crippen LogP contribution in [0.1, 0.15) is 0 Å². The third-order valence-corrected chi connectivity index (χ3v) is 3.82. The van der Waals surface area contributed by atoms with E-state index in [1.165, 1.54) is 12.1 Å². The molecule has 0 bridgehead atoms. The summed E-state index contributed by atoms with van der Waals surface area (Å²) in [6.07, 6.45) is 1.75. The van der Waals surface area contributed by atoms with Crippen LogP contribution in [0.3, 0.4) is 0 Å². The van der Waals surface area contributed by atoms with Gasteiger partial charge in [0.2, 0.25) is 10.0 Å². The van der Waals surface area contributed by atoms with Crippen LogP contribution in [0.25, 0.3) is 10.9 Å². The van der Waals surface area contributed by atoms with Crippen molar-refractivity contribution in [3.8, 4) is 0 Å². The highest BCUT2D eigenvalue weighted by Crippen LogP contribution is 2.16. The van der Waals surface area contributed by atoms with Crippen molar-refractivity contribution < 1.29 is 8.42 Å². The summed E-state index contributed by atoms with van der Waals surface area (Å²) >= 11 is 0. The minimum absolute atomic E-state index is 0.0772. The number of anilines is 1. The average molecular weight is 288 g/mol. The maximum absolute atomic E-state index is 11.2. The van der Waals surface area contributed by atoms with E-state index in [1.807, 2.05) is 24.3 Å². The van der Waals surface area contributed by atoms with Gasteiger partial charge in [-0.1, -0.05) is 18.2 Å². The molecule has 0 aliphatic carbocycles. The summed E-state index contributed by atoms with van der Waals surface area (Å²) in [6.45, 7) is 0. The zero-order valence-electron chi connectivity index (χ0n) is 10.4. The second kappa shape index (κ2) is 4.62. The Bertz CT molecular complexity index is 853. The molecule has 2 aromatic carbocycles. The Balaban J connectivity index is 1.92. The molecule has 7 heteroatoms. The number of nitrogens with zero attached hydrogens (tertiary/aromatic N) is 2. The molecular weight excluding hydrogens is 276 g/mol. The first kappa shape index (κ1) is 12.6. The van der Waals surface area contributed by atoms with Gasteiger partial charge in [-0.3, -0.25) is 5.43 Å². The molecular formula is C13H12N4O2S. The molecule has 0 amide bonds. The van der Waals surface area contributed by atoms with Crippen molar-refractivity contribution in [2.24, 2.45) is 5.14 Å². The van der Waals surface area contributed by atoms with Crippen LogP contribution in [0.15, 0.2) is 59.6 Å². The lowest BCUT2D eigenvalue weighted by Crippen LogP contribution is -2.13. The highest BCUT2D eigenvalue weighted by molar-refractivity contribution is 7.89. The Morgan fingerprint density at radius 2 is 1.75 bits per heavy atom. The molecule has 0 fully saturated rings. The number of nitrogens with one attached hydrogen (secondary N) is 1. The Morgan fingerprint density at radius 1 is 1.05 bits per heavy atom. The molecule has 3 aromatic rings. The summed E-state index contributed by atoms with van der Waals surface area (Å²) in [5.74, 6) is 0. The predicted octanol–water partition coefficient (Wildman–Crippen LogP) is 1.56. The van der Waals surface area contributed by atoms with Gasteiger partial charge in [-0.15, -0.1) is 0 Å². The number of para-hydroxylation sites is 1. The van der Waals surface area contributed by atoms with E-state index in [0.29, 0.717) is 5.69 Å². The van der Waals surface area contributed by atoms with Gasteiger partial charge in [0.1, 0.15) is 0 Å². The monoisotopic (exact) mass is 288 g/mol. The van der Waals surface area contributed by atoms with E-state index in [-0.39, 0.29) is 4.90 Å². The first-order chi connectivity index (χ1) is 9.54. The summed E-state index contributed by atoms with van der Waals surface area (Å²) in [5, 5.41) is 10.3. The largest absolute Gasteiger partial charge is 0.278 e. The van der Waals surface area contributed by atoms with Crippen LogP contribution in [0.2, 0.25) is 0 Å². The van der Waals surface area contributed by atoms with E-state index in [0.717, 1.165) is 10.9 Å². The van der Waals surface area contributed by atoms with Gasteiger partial charge in [0.05, 0.1) is 22.3 Å². The number of sulfonamides is 1. The molecule has 0 atom stereocenters. The third-order valence-electron chi connectivity index (χ3n) is 2.90. The summed E-state index contributed by atoms with van der Waals surface area (Å²) in [7, 11) is -3.67. The fourth-order valence-electron chi connectivity index (χ4n) is 1.90. The van der Waals surface area contributed by atoms with E-state index >= 15 is 0 Å². The van der Waals surface area contributed by atoms with Crippen molar-refractivity contribution in [2.45, 2.75) is 4.90 Å². The summed E-state index contributed by atoms with van der Waals surface area (Å²) in [4.78, 5) is 1.70. The molecule has 0 aliphatic rings. The molecule has 1 heterocycles. The molecule has 1 aromatic heterocycles. The van der Waals surface area contributed by atoms with Crippen LogP contribution >= 0.6 is 0 Å². The van der Waals surface area contributed by atoms with Gasteiger partial charge < -0.3 is 0 Å². The molecule has 0 radical (unpaired) electrons. The fourth-order valence-corrected chi connectivity index (χ4v) is 2.42. The van der Waals surface area contributed by atoms with Crippen molar-refractivity contribution in [1.82, 2.24) is 9.89 Å². The standard InChI is InChI=1S/C13H12N4O2S/c14-20(18,19)12-7-5-11(6-8-12)16-17-13-4-2-1-3-10(13)9-15-17/h1-9,16H,(H2,14,18,19). The number of hydrogen-bond acceptors (Lipinski definition) is 4.